The summed E-state index contributed by atoms with van der Waals surface area (Å²) in [6, 6.07) is 9.02. The predicted molar refractivity (Wildman–Crippen MR) is 89.3 cm³/mol. The molecule has 0 aliphatic heterocycles. The Bertz CT molecular complexity index is 712. The first-order chi connectivity index (χ1) is 10.4. The van der Waals surface area contributed by atoms with Crippen LogP contribution < -0.4 is 10.1 Å². The van der Waals surface area contributed by atoms with Gasteiger partial charge >= 0.3 is 0 Å². The van der Waals surface area contributed by atoms with E-state index in [-0.39, 0.29) is 5.75 Å². The molecule has 2 rings (SSSR count). The lowest BCUT2D eigenvalue weighted by Crippen LogP contribution is -2.30. The lowest BCUT2D eigenvalue weighted by Gasteiger charge is -2.16. The number of amides is 1. The molecule has 0 heterocycles. The van der Waals surface area contributed by atoms with Gasteiger partial charge in [0.25, 0.3) is 5.91 Å². The average Bonchev–Trinajstić information content (AvgIpc) is 2.44. The van der Waals surface area contributed by atoms with Crippen LogP contribution in [0.5, 0.6) is 5.75 Å². The van der Waals surface area contributed by atoms with E-state index in [2.05, 4.69) is 21.2 Å². The zero-order valence-corrected chi connectivity index (χ0v) is 14.5. The largest absolute Gasteiger partial charge is 0.478 e. The molecule has 2 aromatic rings. The SMILES string of the molecule is C[C@@H](Oc1ccc(Br)cc1F)C(=O)Nc1ccc(Cl)cc1Cl. The minimum Gasteiger partial charge on any atom is -0.478 e. The molecule has 0 bridgehead atoms. The number of benzene rings is 2. The smallest absolute Gasteiger partial charge is 0.265 e. The monoisotopic (exact) mass is 405 g/mol. The molecular formula is C15H11BrCl2FNO2. The molecule has 0 saturated carbocycles. The van der Waals surface area contributed by atoms with Gasteiger partial charge in [0.2, 0.25) is 0 Å². The number of nitrogens with one attached hydrogen (secondary N) is 1. The fraction of sp³-hybridized carbons (Fsp3) is 0.133. The zero-order chi connectivity index (χ0) is 16.3. The number of hydrogen-bond donors (Lipinski definition) is 1. The molecule has 0 saturated heterocycles. The van der Waals surface area contributed by atoms with E-state index in [4.69, 9.17) is 27.9 Å². The summed E-state index contributed by atoms with van der Waals surface area (Å²) >= 11 is 14.9. The molecule has 1 atom stereocenters. The summed E-state index contributed by atoms with van der Waals surface area (Å²) in [5.41, 5.74) is 0.405. The first-order valence-electron chi connectivity index (χ1n) is 6.24. The Hall–Kier alpha value is -1.30. The third kappa shape index (κ3) is 4.35. The molecule has 1 N–H and O–H groups in total. The Morgan fingerprint density at radius 1 is 1.27 bits per heavy atom. The van der Waals surface area contributed by atoms with Gasteiger partial charge in [-0.15, -0.1) is 0 Å². The highest BCUT2D eigenvalue weighted by Crippen LogP contribution is 2.26. The molecule has 2 aromatic carbocycles. The molecule has 116 valence electrons. The Balaban J connectivity index is 2.05. The number of hydrogen-bond acceptors (Lipinski definition) is 2. The normalized spacial score (nSPS) is 11.9. The van der Waals surface area contributed by atoms with Gasteiger partial charge in [-0.1, -0.05) is 39.1 Å². The van der Waals surface area contributed by atoms with E-state index in [1.54, 1.807) is 18.2 Å². The second kappa shape index (κ2) is 7.31. The average molecular weight is 407 g/mol. The Morgan fingerprint density at radius 2 is 2.00 bits per heavy atom. The Labute approximate surface area is 145 Å². The fourth-order valence-electron chi connectivity index (χ4n) is 1.64. The van der Waals surface area contributed by atoms with E-state index in [0.717, 1.165) is 0 Å². The maximum Gasteiger partial charge on any atom is 0.265 e. The summed E-state index contributed by atoms with van der Waals surface area (Å²) in [5, 5.41) is 3.37. The van der Waals surface area contributed by atoms with Gasteiger partial charge in [0.15, 0.2) is 17.7 Å². The summed E-state index contributed by atoms with van der Waals surface area (Å²) in [7, 11) is 0. The summed E-state index contributed by atoms with van der Waals surface area (Å²) in [6.45, 7) is 1.51. The predicted octanol–water partition coefficient (Wildman–Crippen LogP) is 5.30. The van der Waals surface area contributed by atoms with Gasteiger partial charge in [-0.05, 0) is 43.3 Å². The van der Waals surface area contributed by atoms with Crippen LogP contribution in [-0.4, -0.2) is 12.0 Å². The van der Waals surface area contributed by atoms with Gasteiger partial charge in [0.05, 0.1) is 10.7 Å². The summed E-state index contributed by atoms with van der Waals surface area (Å²) in [4.78, 5) is 12.1. The highest BCUT2D eigenvalue weighted by atomic mass is 79.9. The zero-order valence-electron chi connectivity index (χ0n) is 11.4. The van der Waals surface area contributed by atoms with Crippen LogP contribution in [0.25, 0.3) is 0 Å². The number of anilines is 1. The van der Waals surface area contributed by atoms with Crippen molar-refractivity contribution in [2.24, 2.45) is 0 Å². The topological polar surface area (TPSA) is 38.3 Å². The summed E-state index contributed by atoms with van der Waals surface area (Å²) in [6.07, 6.45) is -0.901. The van der Waals surface area contributed by atoms with Crippen molar-refractivity contribution in [2.45, 2.75) is 13.0 Å². The first-order valence-corrected chi connectivity index (χ1v) is 7.79. The minimum absolute atomic E-state index is 0.00643. The van der Waals surface area contributed by atoms with E-state index in [1.807, 2.05) is 0 Å². The van der Waals surface area contributed by atoms with E-state index >= 15 is 0 Å². The number of rotatable bonds is 4. The van der Waals surface area contributed by atoms with E-state index < -0.39 is 17.8 Å². The quantitative estimate of drug-likeness (QED) is 0.747. The van der Waals surface area contributed by atoms with Crippen molar-refractivity contribution in [1.29, 1.82) is 0 Å². The van der Waals surface area contributed by atoms with Gasteiger partial charge in [-0.2, -0.15) is 0 Å². The van der Waals surface area contributed by atoms with Gasteiger partial charge in [0, 0.05) is 9.50 Å². The van der Waals surface area contributed by atoms with Gasteiger partial charge in [-0.25, -0.2) is 4.39 Å². The molecule has 0 aromatic heterocycles. The van der Waals surface area contributed by atoms with Gasteiger partial charge < -0.3 is 10.1 Å². The standard InChI is InChI=1S/C15H11BrCl2FNO2/c1-8(22-14-5-2-9(16)6-12(14)19)15(21)20-13-4-3-10(17)7-11(13)18/h2-8H,1H3,(H,20,21)/t8-/m1/s1. The Kier molecular flexibility index (Phi) is 5.67. The van der Waals surface area contributed by atoms with Crippen LogP contribution in [0.2, 0.25) is 10.0 Å². The second-order valence-electron chi connectivity index (χ2n) is 4.45. The fourth-order valence-corrected chi connectivity index (χ4v) is 2.43. The van der Waals surface area contributed by atoms with Crippen molar-refractivity contribution < 1.29 is 13.9 Å². The van der Waals surface area contributed by atoms with Crippen molar-refractivity contribution in [1.82, 2.24) is 0 Å². The molecule has 0 unspecified atom stereocenters. The number of halogens is 4. The number of ether oxygens (including phenoxy) is 1. The van der Waals surface area contributed by atoms with Gasteiger partial charge in [-0.3, -0.25) is 4.79 Å². The Morgan fingerprint density at radius 3 is 2.64 bits per heavy atom. The van der Waals surface area contributed by atoms with Crippen LogP contribution >= 0.6 is 39.1 Å². The van der Waals surface area contributed by atoms with E-state index in [9.17, 15) is 9.18 Å². The van der Waals surface area contributed by atoms with Crippen molar-refractivity contribution >= 4 is 50.7 Å². The lowest BCUT2D eigenvalue weighted by molar-refractivity contribution is -0.122. The highest BCUT2D eigenvalue weighted by Gasteiger charge is 2.18. The van der Waals surface area contributed by atoms with E-state index in [0.29, 0.717) is 20.2 Å². The molecule has 0 radical (unpaired) electrons. The second-order valence-corrected chi connectivity index (χ2v) is 6.21. The maximum atomic E-state index is 13.7. The van der Waals surface area contributed by atoms with Crippen LogP contribution in [0.15, 0.2) is 40.9 Å². The number of carbonyl (C=O) groups excluding carboxylic acids is 1. The van der Waals surface area contributed by atoms with Crippen molar-refractivity contribution in [3.05, 3.63) is 56.7 Å². The summed E-state index contributed by atoms with van der Waals surface area (Å²) in [5.74, 6) is -1.02. The molecule has 0 spiro atoms. The lowest BCUT2D eigenvalue weighted by atomic mass is 10.3. The molecule has 0 aliphatic rings. The molecule has 3 nitrogen and oxygen atoms in total. The molecule has 22 heavy (non-hydrogen) atoms. The molecule has 7 heteroatoms. The molecule has 0 aliphatic carbocycles. The molecule has 0 fully saturated rings. The van der Waals surface area contributed by atoms with Crippen LogP contribution in [0.1, 0.15) is 6.92 Å². The van der Waals surface area contributed by atoms with Crippen molar-refractivity contribution in [2.75, 3.05) is 5.32 Å². The number of carbonyl (C=O) groups is 1. The van der Waals surface area contributed by atoms with Gasteiger partial charge in [0.1, 0.15) is 0 Å². The third-order valence-electron chi connectivity index (χ3n) is 2.76. The van der Waals surface area contributed by atoms with Crippen molar-refractivity contribution in [3.8, 4) is 5.75 Å². The molecule has 1 amide bonds. The highest BCUT2D eigenvalue weighted by molar-refractivity contribution is 9.10. The van der Waals surface area contributed by atoms with Crippen molar-refractivity contribution in [3.63, 3.8) is 0 Å². The first kappa shape index (κ1) is 17.1. The summed E-state index contributed by atoms with van der Waals surface area (Å²) < 4.78 is 19.6. The van der Waals surface area contributed by atoms with Crippen LogP contribution in [0.3, 0.4) is 0 Å². The van der Waals surface area contributed by atoms with Crippen LogP contribution in [0.4, 0.5) is 10.1 Å². The van der Waals surface area contributed by atoms with E-state index in [1.165, 1.54) is 25.1 Å². The van der Waals surface area contributed by atoms with Crippen LogP contribution in [0, 0.1) is 5.82 Å². The molecular weight excluding hydrogens is 396 g/mol. The minimum atomic E-state index is -0.901. The maximum absolute atomic E-state index is 13.7. The third-order valence-corrected chi connectivity index (χ3v) is 3.80. The van der Waals surface area contributed by atoms with Crippen LogP contribution in [-0.2, 0) is 4.79 Å².